The van der Waals surface area contributed by atoms with Gasteiger partial charge < -0.3 is 16.1 Å². The molecule has 3 N–H and O–H groups in total. The van der Waals surface area contributed by atoms with Crippen LogP contribution >= 0.6 is 0 Å². The molecule has 2 rings (SSSR count). The zero-order chi connectivity index (χ0) is 10.7. The Morgan fingerprint density at radius 2 is 2.00 bits per heavy atom. The summed E-state index contributed by atoms with van der Waals surface area (Å²) in [5.41, 5.74) is 8.74. The van der Waals surface area contributed by atoms with Crippen LogP contribution in [0.5, 0.6) is 0 Å². The summed E-state index contributed by atoms with van der Waals surface area (Å²) in [6.07, 6.45) is 3.21. The molecule has 1 aliphatic heterocycles. The molecular formula is C9H16N6. The van der Waals surface area contributed by atoms with Gasteiger partial charge in [0.1, 0.15) is 5.82 Å². The van der Waals surface area contributed by atoms with Crippen LogP contribution in [0, 0.1) is 0 Å². The summed E-state index contributed by atoms with van der Waals surface area (Å²) in [7, 11) is 2.12. The van der Waals surface area contributed by atoms with E-state index in [0.717, 1.165) is 26.2 Å². The second-order valence-electron chi connectivity index (χ2n) is 3.73. The lowest BCUT2D eigenvalue weighted by atomic mass is 10.4. The molecule has 0 unspecified atom stereocenters. The molecule has 0 amide bonds. The number of anilines is 2. The Kier molecular flexibility index (Phi) is 2.98. The van der Waals surface area contributed by atoms with E-state index in [4.69, 9.17) is 5.73 Å². The second-order valence-corrected chi connectivity index (χ2v) is 3.73. The SMILES string of the molecule is CN1CCN(Nc2cncc(N)n2)CC1. The molecule has 0 spiro atoms. The molecule has 0 aliphatic carbocycles. The van der Waals surface area contributed by atoms with Crippen LogP contribution in [-0.4, -0.2) is 53.1 Å². The summed E-state index contributed by atoms with van der Waals surface area (Å²) >= 11 is 0. The first-order valence-corrected chi connectivity index (χ1v) is 5.02. The van der Waals surface area contributed by atoms with Crippen molar-refractivity contribution in [2.45, 2.75) is 0 Å². The van der Waals surface area contributed by atoms with Crippen LogP contribution in [0.15, 0.2) is 12.4 Å². The zero-order valence-electron chi connectivity index (χ0n) is 8.85. The molecule has 1 saturated heterocycles. The van der Waals surface area contributed by atoms with Crippen LogP contribution in [0.25, 0.3) is 0 Å². The predicted octanol–water partition coefficient (Wildman–Crippen LogP) is -0.367. The number of hydrazine groups is 1. The van der Waals surface area contributed by atoms with Crippen molar-refractivity contribution >= 4 is 11.6 Å². The van der Waals surface area contributed by atoms with Crippen molar-refractivity contribution in [2.75, 3.05) is 44.4 Å². The van der Waals surface area contributed by atoms with Gasteiger partial charge in [-0.25, -0.2) is 9.99 Å². The Balaban J connectivity index is 1.92. The molecule has 0 atom stereocenters. The summed E-state index contributed by atoms with van der Waals surface area (Å²) in [4.78, 5) is 10.4. The highest BCUT2D eigenvalue weighted by Gasteiger charge is 2.13. The standard InChI is InChI=1S/C9H16N6/c1-14-2-4-15(5-3-14)13-9-7-11-6-8(10)12-9/h6-7H,2-5H2,1H3,(H3,10,12,13). The average molecular weight is 208 g/mol. The molecule has 15 heavy (non-hydrogen) atoms. The van der Waals surface area contributed by atoms with Crippen molar-refractivity contribution < 1.29 is 0 Å². The molecule has 0 bridgehead atoms. The van der Waals surface area contributed by atoms with Gasteiger partial charge in [0.05, 0.1) is 12.4 Å². The smallest absolute Gasteiger partial charge is 0.161 e. The molecule has 1 aromatic heterocycles. The lowest BCUT2D eigenvalue weighted by molar-refractivity contribution is 0.178. The highest BCUT2D eigenvalue weighted by atomic mass is 15.5. The first-order chi connectivity index (χ1) is 7.24. The number of aromatic nitrogens is 2. The van der Waals surface area contributed by atoms with Crippen LogP contribution in [0.2, 0.25) is 0 Å². The Hall–Kier alpha value is -1.40. The Bertz CT molecular complexity index is 320. The van der Waals surface area contributed by atoms with E-state index < -0.39 is 0 Å². The largest absolute Gasteiger partial charge is 0.382 e. The third-order valence-corrected chi connectivity index (χ3v) is 2.43. The van der Waals surface area contributed by atoms with E-state index in [0.29, 0.717) is 11.6 Å². The van der Waals surface area contributed by atoms with Gasteiger partial charge in [-0.15, -0.1) is 0 Å². The fourth-order valence-electron chi connectivity index (χ4n) is 1.52. The average Bonchev–Trinajstić information content (AvgIpc) is 2.22. The van der Waals surface area contributed by atoms with Crippen LogP contribution in [0.3, 0.4) is 0 Å². The number of nitrogens with two attached hydrogens (primary N) is 1. The predicted molar refractivity (Wildman–Crippen MR) is 59.1 cm³/mol. The minimum absolute atomic E-state index is 0.439. The fraction of sp³-hybridized carbons (Fsp3) is 0.556. The molecule has 82 valence electrons. The number of likely N-dealkylation sites (N-methyl/N-ethyl adjacent to an activating group) is 1. The molecular weight excluding hydrogens is 192 g/mol. The van der Waals surface area contributed by atoms with Crippen LogP contribution in [-0.2, 0) is 0 Å². The van der Waals surface area contributed by atoms with Gasteiger partial charge in [0.15, 0.2) is 5.82 Å². The lowest BCUT2D eigenvalue weighted by Gasteiger charge is -2.32. The lowest BCUT2D eigenvalue weighted by Crippen LogP contribution is -2.47. The first-order valence-electron chi connectivity index (χ1n) is 5.02. The van der Waals surface area contributed by atoms with Crippen molar-refractivity contribution in [3.63, 3.8) is 0 Å². The van der Waals surface area contributed by atoms with Gasteiger partial charge in [0, 0.05) is 26.2 Å². The number of hydrogen-bond acceptors (Lipinski definition) is 6. The van der Waals surface area contributed by atoms with Crippen molar-refractivity contribution in [3.8, 4) is 0 Å². The van der Waals surface area contributed by atoms with Crippen molar-refractivity contribution in [1.29, 1.82) is 0 Å². The minimum Gasteiger partial charge on any atom is -0.382 e. The molecule has 1 fully saturated rings. The molecule has 0 radical (unpaired) electrons. The third-order valence-electron chi connectivity index (χ3n) is 2.43. The Morgan fingerprint density at radius 1 is 1.27 bits per heavy atom. The van der Waals surface area contributed by atoms with Crippen LogP contribution < -0.4 is 11.2 Å². The number of hydrogen-bond donors (Lipinski definition) is 2. The summed E-state index contributed by atoms with van der Waals surface area (Å²) in [6, 6.07) is 0. The van der Waals surface area contributed by atoms with Crippen molar-refractivity contribution in [3.05, 3.63) is 12.4 Å². The third kappa shape index (κ3) is 2.77. The highest BCUT2D eigenvalue weighted by molar-refractivity contribution is 5.37. The molecule has 0 saturated carbocycles. The second kappa shape index (κ2) is 4.41. The van der Waals surface area contributed by atoms with Gasteiger partial charge >= 0.3 is 0 Å². The van der Waals surface area contributed by atoms with Gasteiger partial charge in [0.2, 0.25) is 0 Å². The maximum atomic E-state index is 5.55. The zero-order valence-corrected chi connectivity index (χ0v) is 8.85. The van der Waals surface area contributed by atoms with Crippen LogP contribution in [0.4, 0.5) is 11.6 Å². The van der Waals surface area contributed by atoms with Crippen molar-refractivity contribution in [2.24, 2.45) is 0 Å². The quantitative estimate of drug-likeness (QED) is 0.691. The highest BCUT2D eigenvalue weighted by Crippen LogP contribution is 2.06. The number of nitrogen functional groups attached to an aromatic ring is 1. The van der Waals surface area contributed by atoms with Crippen LogP contribution in [0.1, 0.15) is 0 Å². The van der Waals surface area contributed by atoms with E-state index in [-0.39, 0.29) is 0 Å². The number of nitrogens with one attached hydrogen (secondary N) is 1. The van der Waals surface area contributed by atoms with E-state index in [9.17, 15) is 0 Å². The normalized spacial score (nSPS) is 19.0. The van der Waals surface area contributed by atoms with Gasteiger partial charge in [-0.05, 0) is 7.05 Å². The van der Waals surface area contributed by atoms with Gasteiger partial charge in [0.25, 0.3) is 0 Å². The minimum atomic E-state index is 0.439. The molecule has 0 aromatic carbocycles. The summed E-state index contributed by atoms with van der Waals surface area (Å²) < 4.78 is 0. The number of nitrogens with zero attached hydrogens (tertiary/aromatic N) is 4. The molecule has 1 aromatic rings. The number of rotatable bonds is 2. The maximum absolute atomic E-state index is 5.55. The Morgan fingerprint density at radius 3 is 2.67 bits per heavy atom. The van der Waals surface area contributed by atoms with E-state index in [1.165, 1.54) is 6.20 Å². The monoisotopic (exact) mass is 208 g/mol. The summed E-state index contributed by atoms with van der Waals surface area (Å²) in [6.45, 7) is 4.07. The Labute approximate surface area is 89.1 Å². The topological polar surface area (TPSA) is 70.3 Å². The first kappa shape index (κ1) is 10.1. The van der Waals surface area contributed by atoms with Gasteiger partial charge in [-0.3, -0.25) is 4.98 Å². The summed E-state index contributed by atoms with van der Waals surface area (Å²) in [5.74, 6) is 1.15. The van der Waals surface area contributed by atoms with Gasteiger partial charge in [-0.1, -0.05) is 0 Å². The van der Waals surface area contributed by atoms with E-state index in [1.807, 2.05) is 0 Å². The van der Waals surface area contributed by atoms with Gasteiger partial charge in [-0.2, -0.15) is 0 Å². The molecule has 2 heterocycles. The number of piperazine rings is 1. The molecule has 6 nitrogen and oxygen atoms in total. The maximum Gasteiger partial charge on any atom is 0.161 e. The van der Waals surface area contributed by atoms with E-state index in [2.05, 4.69) is 32.4 Å². The van der Waals surface area contributed by atoms with E-state index in [1.54, 1.807) is 6.20 Å². The van der Waals surface area contributed by atoms with E-state index >= 15 is 0 Å². The molecule has 1 aliphatic rings. The summed E-state index contributed by atoms with van der Waals surface area (Å²) in [5, 5.41) is 2.13. The fourth-order valence-corrected chi connectivity index (χ4v) is 1.52. The molecule has 6 heteroatoms. The van der Waals surface area contributed by atoms with Crippen molar-refractivity contribution in [1.82, 2.24) is 19.9 Å².